The number of nitrogen functional groups attached to an aromatic ring is 1. The molecule has 0 bridgehead atoms. The number of aryl methyl sites for hydroxylation is 1. The molecule has 1 saturated carbocycles. The zero-order valence-corrected chi connectivity index (χ0v) is 12.3. The fourth-order valence-electron chi connectivity index (χ4n) is 2.53. The number of nitrogens with zero attached hydrogens (tertiary/aromatic N) is 2. The van der Waals surface area contributed by atoms with Gasteiger partial charge in [-0.15, -0.1) is 0 Å². The van der Waals surface area contributed by atoms with Gasteiger partial charge in [-0.1, -0.05) is 19.8 Å². The number of hydrogen-bond donors (Lipinski definition) is 2. The summed E-state index contributed by atoms with van der Waals surface area (Å²) in [6.45, 7) is 2.74. The minimum atomic E-state index is -3.54. The van der Waals surface area contributed by atoms with Crippen LogP contribution in [0.3, 0.4) is 0 Å². The van der Waals surface area contributed by atoms with Crippen LogP contribution >= 0.6 is 0 Å². The maximum atomic E-state index is 12.1. The number of nitrogens with two attached hydrogens (primary N) is 1. The standard InChI is InChI=1S/C12H22N4O2S/c1-9-3-5-10(6-4-9)7-14-19(17,18)11-8-16(2)15-12(11)13/h8-10,14H,3-7H2,1-2H3,(H2,13,15). The monoisotopic (exact) mass is 286 g/mol. The van der Waals surface area contributed by atoms with Crippen molar-refractivity contribution in [1.82, 2.24) is 14.5 Å². The predicted molar refractivity (Wildman–Crippen MR) is 73.9 cm³/mol. The Hall–Kier alpha value is -1.08. The van der Waals surface area contributed by atoms with E-state index in [4.69, 9.17) is 5.73 Å². The number of rotatable bonds is 4. The lowest BCUT2D eigenvalue weighted by Gasteiger charge is -2.26. The molecule has 7 heteroatoms. The first-order chi connectivity index (χ1) is 8.88. The number of sulfonamides is 1. The lowest BCUT2D eigenvalue weighted by molar-refractivity contribution is 0.290. The highest BCUT2D eigenvalue weighted by atomic mass is 32.2. The molecule has 1 aliphatic carbocycles. The molecule has 19 heavy (non-hydrogen) atoms. The van der Waals surface area contributed by atoms with E-state index < -0.39 is 10.0 Å². The fourth-order valence-corrected chi connectivity index (χ4v) is 3.75. The number of anilines is 1. The van der Waals surface area contributed by atoms with Gasteiger partial charge >= 0.3 is 0 Å². The first kappa shape index (κ1) is 14.3. The number of aromatic nitrogens is 2. The van der Waals surface area contributed by atoms with Gasteiger partial charge in [0.05, 0.1) is 0 Å². The summed E-state index contributed by atoms with van der Waals surface area (Å²) in [5, 5.41) is 3.86. The van der Waals surface area contributed by atoms with E-state index in [1.54, 1.807) is 7.05 Å². The van der Waals surface area contributed by atoms with Gasteiger partial charge in [0.1, 0.15) is 4.90 Å². The van der Waals surface area contributed by atoms with Crippen molar-refractivity contribution < 1.29 is 8.42 Å². The second-order valence-electron chi connectivity index (χ2n) is 5.53. The van der Waals surface area contributed by atoms with E-state index in [1.807, 2.05) is 0 Å². The second kappa shape index (κ2) is 5.50. The van der Waals surface area contributed by atoms with Crippen LogP contribution in [0.1, 0.15) is 32.6 Å². The third kappa shape index (κ3) is 3.48. The maximum Gasteiger partial charge on any atom is 0.245 e. The van der Waals surface area contributed by atoms with Crippen molar-refractivity contribution in [2.24, 2.45) is 18.9 Å². The highest BCUT2D eigenvalue weighted by Gasteiger charge is 2.24. The summed E-state index contributed by atoms with van der Waals surface area (Å²) >= 11 is 0. The molecule has 0 aromatic carbocycles. The van der Waals surface area contributed by atoms with E-state index in [0.717, 1.165) is 18.8 Å². The lowest BCUT2D eigenvalue weighted by atomic mass is 9.83. The Balaban J connectivity index is 1.96. The summed E-state index contributed by atoms with van der Waals surface area (Å²) in [6.07, 6.45) is 5.97. The van der Waals surface area contributed by atoms with Crippen LogP contribution < -0.4 is 10.5 Å². The first-order valence-corrected chi connectivity index (χ1v) is 8.15. The minimum absolute atomic E-state index is 0.0484. The Labute approximate surface area is 114 Å². The van der Waals surface area contributed by atoms with Gasteiger partial charge in [-0.25, -0.2) is 13.1 Å². The zero-order valence-electron chi connectivity index (χ0n) is 11.5. The zero-order chi connectivity index (χ0) is 14.0. The van der Waals surface area contributed by atoms with Crippen molar-refractivity contribution in [3.8, 4) is 0 Å². The molecule has 0 saturated heterocycles. The maximum absolute atomic E-state index is 12.1. The van der Waals surface area contributed by atoms with Crippen LogP contribution in [0.15, 0.2) is 11.1 Å². The Morgan fingerprint density at radius 1 is 1.42 bits per heavy atom. The van der Waals surface area contributed by atoms with Gasteiger partial charge in [0.15, 0.2) is 5.82 Å². The smallest absolute Gasteiger partial charge is 0.245 e. The Bertz CT molecular complexity index is 530. The highest BCUT2D eigenvalue weighted by molar-refractivity contribution is 7.89. The highest BCUT2D eigenvalue weighted by Crippen LogP contribution is 2.28. The van der Waals surface area contributed by atoms with Gasteiger partial charge in [-0.05, 0) is 24.7 Å². The molecule has 1 aromatic heterocycles. The normalized spacial score (nSPS) is 24.5. The first-order valence-electron chi connectivity index (χ1n) is 6.67. The number of nitrogens with one attached hydrogen (secondary N) is 1. The van der Waals surface area contributed by atoms with Crippen molar-refractivity contribution in [1.29, 1.82) is 0 Å². The molecule has 1 aliphatic rings. The summed E-state index contributed by atoms with van der Waals surface area (Å²) in [4.78, 5) is 0.0687. The molecule has 0 amide bonds. The van der Waals surface area contributed by atoms with Crippen LogP contribution in [-0.2, 0) is 17.1 Å². The van der Waals surface area contributed by atoms with Crippen LogP contribution in [0.5, 0.6) is 0 Å². The van der Waals surface area contributed by atoms with Gasteiger partial charge in [0.25, 0.3) is 0 Å². The van der Waals surface area contributed by atoms with Crippen LogP contribution in [0.25, 0.3) is 0 Å². The van der Waals surface area contributed by atoms with Crippen molar-refractivity contribution in [2.45, 2.75) is 37.5 Å². The summed E-state index contributed by atoms with van der Waals surface area (Å²) in [7, 11) is -1.89. The molecular formula is C12H22N4O2S. The second-order valence-corrected chi connectivity index (χ2v) is 7.27. The van der Waals surface area contributed by atoms with Gasteiger partial charge < -0.3 is 5.73 Å². The van der Waals surface area contributed by atoms with Crippen LogP contribution in [0.4, 0.5) is 5.82 Å². The quantitative estimate of drug-likeness (QED) is 0.867. The Morgan fingerprint density at radius 2 is 2.05 bits per heavy atom. The lowest BCUT2D eigenvalue weighted by Crippen LogP contribution is -2.31. The van der Waals surface area contributed by atoms with E-state index in [0.29, 0.717) is 12.5 Å². The van der Waals surface area contributed by atoms with Crippen molar-refractivity contribution >= 4 is 15.8 Å². The predicted octanol–water partition coefficient (Wildman–Crippen LogP) is 1.11. The molecule has 1 aromatic rings. The van der Waals surface area contributed by atoms with E-state index in [1.165, 1.54) is 23.7 Å². The van der Waals surface area contributed by atoms with E-state index in [-0.39, 0.29) is 10.7 Å². The molecular weight excluding hydrogens is 264 g/mol. The largest absolute Gasteiger partial charge is 0.381 e. The van der Waals surface area contributed by atoms with Crippen molar-refractivity contribution in [2.75, 3.05) is 12.3 Å². The average Bonchev–Trinajstić information content (AvgIpc) is 2.69. The molecule has 1 fully saturated rings. The fraction of sp³-hybridized carbons (Fsp3) is 0.750. The summed E-state index contributed by atoms with van der Waals surface area (Å²) in [5.41, 5.74) is 5.60. The van der Waals surface area contributed by atoms with E-state index in [9.17, 15) is 8.42 Å². The van der Waals surface area contributed by atoms with E-state index in [2.05, 4.69) is 16.7 Å². The van der Waals surface area contributed by atoms with Gasteiger partial charge in [-0.2, -0.15) is 5.10 Å². The molecule has 0 atom stereocenters. The molecule has 108 valence electrons. The molecule has 0 aliphatic heterocycles. The Kier molecular flexibility index (Phi) is 4.15. The molecule has 2 rings (SSSR count). The Morgan fingerprint density at radius 3 is 2.58 bits per heavy atom. The summed E-state index contributed by atoms with van der Waals surface area (Å²) in [5.74, 6) is 1.25. The molecule has 0 radical (unpaired) electrons. The van der Waals surface area contributed by atoms with Gasteiger partial charge in [0.2, 0.25) is 10.0 Å². The van der Waals surface area contributed by atoms with Crippen LogP contribution in [-0.4, -0.2) is 24.7 Å². The van der Waals surface area contributed by atoms with Crippen LogP contribution in [0, 0.1) is 11.8 Å². The molecule has 6 nitrogen and oxygen atoms in total. The summed E-state index contributed by atoms with van der Waals surface area (Å²) < 4.78 is 28.3. The van der Waals surface area contributed by atoms with Crippen molar-refractivity contribution in [3.05, 3.63) is 6.20 Å². The SMILES string of the molecule is CC1CCC(CNS(=O)(=O)c2cn(C)nc2N)CC1. The third-order valence-electron chi connectivity index (χ3n) is 3.81. The van der Waals surface area contributed by atoms with Crippen molar-refractivity contribution in [3.63, 3.8) is 0 Å². The topological polar surface area (TPSA) is 90.0 Å². The van der Waals surface area contributed by atoms with Gasteiger partial charge in [-0.3, -0.25) is 4.68 Å². The average molecular weight is 286 g/mol. The molecule has 0 unspecified atom stereocenters. The third-order valence-corrected chi connectivity index (χ3v) is 5.25. The summed E-state index contributed by atoms with van der Waals surface area (Å²) in [6, 6.07) is 0. The molecule has 0 spiro atoms. The number of hydrogen-bond acceptors (Lipinski definition) is 4. The van der Waals surface area contributed by atoms with Crippen LogP contribution in [0.2, 0.25) is 0 Å². The molecule has 1 heterocycles. The van der Waals surface area contributed by atoms with Gasteiger partial charge in [0, 0.05) is 19.8 Å². The molecule has 3 N–H and O–H groups in total. The van der Waals surface area contributed by atoms with E-state index >= 15 is 0 Å². The minimum Gasteiger partial charge on any atom is -0.381 e.